The molecule has 0 spiro atoms. The third kappa shape index (κ3) is 0.953. The topological polar surface area (TPSA) is 60.2 Å². The van der Waals surface area contributed by atoms with Crippen LogP contribution in [0.3, 0.4) is 0 Å². The molecule has 0 aromatic heterocycles. The van der Waals surface area contributed by atoms with Gasteiger partial charge in [0, 0.05) is 12.3 Å². The van der Waals surface area contributed by atoms with E-state index in [1.165, 1.54) is 6.26 Å². The minimum absolute atomic E-state index is 0.220. The van der Waals surface area contributed by atoms with Crippen molar-refractivity contribution in [2.75, 3.05) is 6.26 Å². The summed E-state index contributed by atoms with van der Waals surface area (Å²) in [5, 5.41) is 0. The van der Waals surface area contributed by atoms with Gasteiger partial charge >= 0.3 is 0 Å². The fourth-order valence-corrected chi connectivity index (χ4v) is 2.81. The van der Waals surface area contributed by atoms with Gasteiger partial charge in [0.15, 0.2) is 9.84 Å². The van der Waals surface area contributed by atoms with Crippen LogP contribution in [0.2, 0.25) is 0 Å². The predicted octanol–water partition coefficient (Wildman–Crippen LogP) is -0.0892. The Kier molecular flexibility index (Phi) is 1.56. The van der Waals surface area contributed by atoms with E-state index in [2.05, 4.69) is 0 Å². The molecule has 0 unspecified atom stereocenters. The molecular formula is C6H13NO2S. The third-order valence-corrected chi connectivity index (χ3v) is 4.57. The van der Waals surface area contributed by atoms with Gasteiger partial charge in [0.25, 0.3) is 0 Å². The van der Waals surface area contributed by atoms with E-state index in [0.29, 0.717) is 0 Å². The molecule has 0 radical (unpaired) electrons. The number of sulfone groups is 1. The van der Waals surface area contributed by atoms with E-state index in [1.54, 1.807) is 6.92 Å². The van der Waals surface area contributed by atoms with Gasteiger partial charge in [-0.2, -0.15) is 0 Å². The largest absolute Gasteiger partial charge is 0.327 e. The van der Waals surface area contributed by atoms with Crippen LogP contribution in [0.4, 0.5) is 0 Å². The van der Waals surface area contributed by atoms with Crippen LogP contribution < -0.4 is 5.73 Å². The van der Waals surface area contributed by atoms with Gasteiger partial charge in [-0.15, -0.1) is 0 Å². The lowest BCUT2D eigenvalue weighted by Gasteiger charge is -2.16. The molecule has 0 aliphatic heterocycles. The lowest BCUT2D eigenvalue weighted by Crippen LogP contribution is -2.39. The molecule has 4 heteroatoms. The zero-order chi connectivity index (χ0) is 7.99. The highest BCUT2D eigenvalue weighted by atomic mass is 32.2. The quantitative estimate of drug-likeness (QED) is 0.619. The number of nitrogens with two attached hydrogens (primary N) is 1. The minimum Gasteiger partial charge on any atom is -0.327 e. The van der Waals surface area contributed by atoms with Crippen molar-refractivity contribution in [1.29, 1.82) is 0 Å². The molecule has 1 saturated carbocycles. The summed E-state index contributed by atoms with van der Waals surface area (Å²) in [6.45, 7) is 1.76. The standard InChI is InChI=1S/C6H13NO2S/c1-5(7)6(3-4-6)10(2,8)9/h5H,3-4,7H2,1-2H3/t5-/m1/s1. The van der Waals surface area contributed by atoms with Crippen LogP contribution in [-0.4, -0.2) is 25.5 Å². The average molecular weight is 163 g/mol. The number of hydrogen-bond donors (Lipinski definition) is 1. The molecule has 0 aromatic carbocycles. The molecule has 3 nitrogen and oxygen atoms in total. The molecule has 60 valence electrons. The van der Waals surface area contributed by atoms with Crippen molar-refractivity contribution in [2.45, 2.75) is 30.6 Å². The summed E-state index contributed by atoms with van der Waals surface area (Å²) in [5.74, 6) is 0. The maximum absolute atomic E-state index is 11.1. The van der Waals surface area contributed by atoms with Crippen molar-refractivity contribution in [3.63, 3.8) is 0 Å². The molecular weight excluding hydrogens is 150 g/mol. The fraction of sp³-hybridized carbons (Fsp3) is 1.00. The van der Waals surface area contributed by atoms with E-state index in [-0.39, 0.29) is 6.04 Å². The molecule has 1 aliphatic carbocycles. The highest BCUT2D eigenvalue weighted by Crippen LogP contribution is 2.45. The molecule has 0 heterocycles. The van der Waals surface area contributed by atoms with Crippen LogP contribution in [-0.2, 0) is 9.84 Å². The minimum atomic E-state index is -2.92. The van der Waals surface area contributed by atoms with Gasteiger partial charge in [-0.3, -0.25) is 0 Å². The van der Waals surface area contributed by atoms with Gasteiger partial charge < -0.3 is 5.73 Å². The average Bonchev–Trinajstić information content (AvgIpc) is 2.36. The van der Waals surface area contributed by atoms with Gasteiger partial charge in [-0.1, -0.05) is 0 Å². The lowest BCUT2D eigenvalue weighted by molar-refractivity contribution is 0.560. The van der Waals surface area contributed by atoms with Crippen LogP contribution in [0.5, 0.6) is 0 Å². The Morgan fingerprint density at radius 1 is 1.50 bits per heavy atom. The van der Waals surface area contributed by atoms with E-state index in [0.717, 1.165) is 12.8 Å². The molecule has 1 atom stereocenters. The summed E-state index contributed by atoms with van der Waals surface area (Å²) in [4.78, 5) is 0. The van der Waals surface area contributed by atoms with Crippen LogP contribution in [0.1, 0.15) is 19.8 Å². The van der Waals surface area contributed by atoms with Gasteiger partial charge in [0.1, 0.15) is 0 Å². The van der Waals surface area contributed by atoms with Crippen molar-refractivity contribution in [1.82, 2.24) is 0 Å². The van der Waals surface area contributed by atoms with Crippen LogP contribution >= 0.6 is 0 Å². The molecule has 0 bridgehead atoms. The third-order valence-electron chi connectivity index (χ3n) is 2.31. The lowest BCUT2D eigenvalue weighted by atomic mass is 10.2. The van der Waals surface area contributed by atoms with E-state index in [4.69, 9.17) is 5.73 Å². The van der Waals surface area contributed by atoms with Crippen molar-refractivity contribution in [2.24, 2.45) is 5.73 Å². The van der Waals surface area contributed by atoms with Crippen LogP contribution in [0, 0.1) is 0 Å². The van der Waals surface area contributed by atoms with Crippen molar-refractivity contribution in [3.05, 3.63) is 0 Å². The van der Waals surface area contributed by atoms with Gasteiger partial charge in [-0.25, -0.2) is 8.42 Å². The van der Waals surface area contributed by atoms with Crippen molar-refractivity contribution in [3.8, 4) is 0 Å². The Morgan fingerprint density at radius 2 is 1.90 bits per heavy atom. The number of hydrogen-bond acceptors (Lipinski definition) is 3. The Morgan fingerprint density at radius 3 is 1.90 bits per heavy atom. The summed E-state index contributed by atoms with van der Waals surface area (Å²) in [6.07, 6.45) is 2.75. The zero-order valence-electron chi connectivity index (χ0n) is 6.29. The van der Waals surface area contributed by atoms with Crippen LogP contribution in [0.15, 0.2) is 0 Å². The highest BCUT2D eigenvalue weighted by Gasteiger charge is 2.54. The molecule has 0 amide bonds. The summed E-state index contributed by atoms with van der Waals surface area (Å²) in [7, 11) is -2.92. The summed E-state index contributed by atoms with van der Waals surface area (Å²) >= 11 is 0. The molecule has 0 aromatic rings. The van der Waals surface area contributed by atoms with E-state index in [1.807, 2.05) is 0 Å². The first-order chi connectivity index (χ1) is 4.40. The maximum Gasteiger partial charge on any atom is 0.154 e. The fourth-order valence-electron chi connectivity index (χ4n) is 1.29. The predicted molar refractivity (Wildman–Crippen MR) is 40.5 cm³/mol. The first kappa shape index (κ1) is 8.01. The monoisotopic (exact) mass is 163 g/mol. The molecule has 2 N–H and O–H groups in total. The van der Waals surface area contributed by atoms with E-state index in [9.17, 15) is 8.42 Å². The maximum atomic E-state index is 11.1. The second-order valence-electron chi connectivity index (χ2n) is 3.13. The molecule has 1 fully saturated rings. The Balaban J connectivity index is 2.91. The first-order valence-corrected chi connectivity index (χ1v) is 5.24. The molecule has 10 heavy (non-hydrogen) atoms. The normalized spacial score (nSPS) is 25.9. The summed E-state index contributed by atoms with van der Waals surface area (Å²) in [6, 6.07) is -0.220. The van der Waals surface area contributed by atoms with Crippen LogP contribution in [0.25, 0.3) is 0 Å². The molecule has 1 aliphatic rings. The molecule has 0 saturated heterocycles. The summed E-state index contributed by atoms with van der Waals surface area (Å²) in [5.41, 5.74) is 5.54. The smallest absolute Gasteiger partial charge is 0.154 e. The Bertz CT molecular complexity index is 226. The Labute approximate surface area is 61.5 Å². The SMILES string of the molecule is C[C@@H](N)C1(S(C)(=O)=O)CC1. The summed E-state index contributed by atoms with van der Waals surface area (Å²) < 4.78 is 21.6. The van der Waals surface area contributed by atoms with Crippen molar-refractivity contribution < 1.29 is 8.42 Å². The Hall–Kier alpha value is -0.0900. The van der Waals surface area contributed by atoms with Gasteiger partial charge in [0.05, 0.1) is 4.75 Å². The van der Waals surface area contributed by atoms with E-state index >= 15 is 0 Å². The zero-order valence-corrected chi connectivity index (χ0v) is 7.11. The van der Waals surface area contributed by atoms with Crippen molar-refractivity contribution >= 4 is 9.84 Å². The van der Waals surface area contributed by atoms with Gasteiger partial charge in [-0.05, 0) is 19.8 Å². The second-order valence-corrected chi connectivity index (χ2v) is 5.48. The van der Waals surface area contributed by atoms with E-state index < -0.39 is 14.6 Å². The second kappa shape index (κ2) is 1.95. The number of rotatable bonds is 2. The van der Waals surface area contributed by atoms with Gasteiger partial charge in [0.2, 0.25) is 0 Å². The highest BCUT2D eigenvalue weighted by molar-refractivity contribution is 7.92. The molecule has 1 rings (SSSR count). The first-order valence-electron chi connectivity index (χ1n) is 3.35.